The predicted octanol–water partition coefficient (Wildman–Crippen LogP) is 6.14. The van der Waals surface area contributed by atoms with Gasteiger partial charge in [0.25, 0.3) is 0 Å². The summed E-state index contributed by atoms with van der Waals surface area (Å²) in [6, 6.07) is 5.69. The summed E-state index contributed by atoms with van der Waals surface area (Å²) >= 11 is 0. The van der Waals surface area contributed by atoms with E-state index in [1.807, 2.05) is 32.0 Å². The lowest BCUT2D eigenvalue weighted by atomic mass is 9.66. The smallest absolute Gasteiger partial charge is 0.303 e. The molecule has 2 fully saturated rings. The first-order chi connectivity index (χ1) is 16.6. The van der Waals surface area contributed by atoms with Crippen LogP contribution in [0.4, 0.5) is 5.69 Å². The SMILES string of the molecule is CCC(C)(C)CC1CC(C2=C(C3CC3)C(C(CC(=O)O)CC(=O)Nc3ccc(C)cc3C)NO2)C1. The summed E-state index contributed by atoms with van der Waals surface area (Å²) in [7, 11) is 0. The molecule has 1 aromatic rings. The number of allylic oxidation sites excluding steroid dienone is 1. The maximum absolute atomic E-state index is 13.0. The van der Waals surface area contributed by atoms with Gasteiger partial charge in [0, 0.05) is 23.9 Å². The van der Waals surface area contributed by atoms with E-state index in [4.69, 9.17) is 4.84 Å². The molecule has 0 saturated heterocycles. The normalized spacial score (nSPS) is 25.1. The molecule has 1 amide bonds. The Morgan fingerprint density at radius 3 is 2.49 bits per heavy atom. The van der Waals surface area contributed by atoms with E-state index in [1.165, 1.54) is 18.4 Å². The van der Waals surface area contributed by atoms with Crippen LogP contribution in [0.25, 0.3) is 0 Å². The fourth-order valence-electron chi connectivity index (χ4n) is 5.89. The Hall–Kier alpha value is -2.34. The number of anilines is 1. The number of carbonyl (C=O) groups excluding carboxylic acids is 1. The first-order valence-electron chi connectivity index (χ1n) is 13.3. The maximum atomic E-state index is 13.0. The number of rotatable bonds is 11. The number of nitrogens with one attached hydrogen (secondary N) is 2. The Balaban J connectivity index is 1.46. The summed E-state index contributed by atoms with van der Waals surface area (Å²) in [6.07, 6.45) is 7.02. The van der Waals surface area contributed by atoms with Crippen LogP contribution in [-0.4, -0.2) is 23.0 Å². The largest absolute Gasteiger partial charge is 0.481 e. The summed E-state index contributed by atoms with van der Waals surface area (Å²) in [6.45, 7) is 10.9. The van der Waals surface area contributed by atoms with Crippen molar-refractivity contribution < 1.29 is 19.5 Å². The Morgan fingerprint density at radius 1 is 1.17 bits per heavy atom. The number of amides is 1. The molecule has 0 aromatic heterocycles. The third-order valence-electron chi connectivity index (χ3n) is 8.35. The highest BCUT2D eigenvalue weighted by atomic mass is 16.7. The van der Waals surface area contributed by atoms with Gasteiger partial charge in [0.1, 0.15) is 5.76 Å². The average Bonchev–Trinajstić information content (AvgIpc) is 3.50. The van der Waals surface area contributed by atoms with Crippen LogP contribution in [-0.2, 0) is 14.4 Å². The Labute approximate surface area is 209 Å². The zero-order chi connectivity index (χ0) is 25.3. The monoisotopic (exact) mass is 482 g/mol. The number of aryl methyl sites for hydroxylation is 2. The number of carboxylic acid groups (broad SMARTS) is 1. The molecule has 192 valence electrons. The van der Waals surface area contributed by atoms with Gasteiger partial charge in [-0.15, -0.1) is 5.48 Å². The number of benzene rings is 1. The van der Waals surface area contributed by atoms with Crippen molar-refractivity contribution in [3.05, 3.63) is 40.7 Å². The maximum Gasteiger partial charge on any atom is 0.303 e. The molecule has 0 radical (unpaired) electrons. The molecule has 0 spiro atoms. The molecule has 2 aliphatic carbocycles. The molecular formula is C29H42N2O4. The fourth-order valence-corrected chi connectivity index (χ4v) is 5.89. The van der Waals surface area contributed by atoms with Gasteiger partial charge in [-0.3, -0.25) is 9.59 Å². The van der Waals surface area contributed by atoms with Gasteiger partial charge in [-0.25, -0.2) is 0 Å². The standard InChI is InChI=1S/C29H42N2O4/c1-6-29(4,5)16-19-12-22(13-19)28-26(20-8-9-20)27(31-35-28)21(15-25(33)34)14-24(32)30-23-10-7-17(2)11-18(23)3/h7,10-11,19-22,27,31H,6,8-9,12-16H2,1-5H3,(H,30,32)(H,33,34). The first-order valence-corrected chi connectivity index (χ1v) is 13.3. The van der Waals surface area contributed by atoms with E-state index in [9.17, 15) is 14.7 Å². The van der Waals surface area contributed by atoms with Crippen molar-refractivity contribution in [2.45, 2.75) is 92.0 Å². The zero-order valence-electron chi connectivity index (χ0n) is 21.9. The minimum absolute atomic E-state index is 0.0667. The molecule has 6 nitrogen and oxygen atoms in total. The second-order valence-corrected chi connectivity index (χ2v) is 12.0. The van der Waals surface area contributed by atoms with Gasteiger partial charge in [-0.05, 0) is 80.4 Å². The average molecular weight is 483 g/mol. The second-order valence-electron chi connectivity index (χ2n) is 12.0. The van der Waals surface area contributed by atoms with E-state index < -0.39 is 5.97 Å². The molecule has 3 aliphatic rings. The van der Waals surface area contributed by atoms with Gasteiger partial charge < -0.3 is 15.3 Å². The van der Waals surface area contributed by atoms with E-state index >= 15 is 0 Å². The molecule has 1 aliphatic heterocycles. The summed E-state index contributed by atoms with van der Waals surface area (Å²) in [5, 5.41) is 12.6. The molecule has 2 atom stereocenters. The van der Waals surface area contributed by atoms with Crippen LogP contribution in [0.1, 0.15) is 83.3 Å². The van der Waals surface area contributed by atoms with Crippen molar-refractivity contribution in [1.29, 1.82) is 0 Å². The minimum atomic E-state index is -0.884. The zero-order valence-corrected chi connectivity index (χ0v) is 21.9. The van der Waals surface area contributed by atoms with Crippen LogP contribution in [0.15, 0.2) is 29.5 Å². The third-order valence-corrected chi connectivity index (χ3v) is 8.35. The highest BCUT2D eigenvalue weighted by Crippen LogP contribution is 2.52. The van der Waals surface area contributed by atoms with Gasteiger partial charge in [0.05, 0.1) is 12.5 Å². The van der Waals surface area contributed by atoms with Crippen LogP contribution < -0.4 is 10.8 Å². The third kappa shape index (κ3) is 6.27. The molecule has 1 heterocycles. The first kappa shape index (κ1) is 25.7. The van der Waals surface area contributed by atoms with Gasteiger partial charge in [0.2, 0.25) is 5.91 Å². The van der Waals surface area contributed by atoms with E-state index in [1.54, 1.807) is 0 Å². The number of hydrogen-bond acceptors (Lipinski definition) is 4. The molecule has 0 bridgehead atoms. The number of aliphatic carboxylic acids is 1. The molecule has 1 aromatic carbocycles. The van der Waals surface area contributed by atoms with E-state index in [0.717, 1.165) is 54.2 Å². The highest BCUT2D eigenvalue weighted by molar-refractivity contribution is 5.92. The van der Waals surface area contributed by atoms with Crippen LogP contribution in [0.2, 0.25) is 0 Å². The van der Waals surface area contributed by atoms with Crippen molar-refractivity contribution in [2.24, 2.45) is 29.1 Å². The van der Waals surface area contributed by atoms with Crippen LogP contribution >= 0.6 is 0 Å². The highest BCUT2D eigenvalue weighted by Gasteiger charge is 2.47. The van der Waals surface area contributed by atoms with E-state index in [2.05, 4.69) is 31.6 Å². The lowest BCUT2D eigenvalue weighted by Crippen LogP contribution is -2.37. The summed E-state index contributed by atoms with van der Waals surface area (Å²) in [5.74, 6) is 1.24. The van der Waals surface area contributed by atoms with Crippen LogP contribution in [0, 0.1) is 42.9 Å². The lowest BCUT2D eigenvalue weighted by Gasteiger charge is -2.40. The Bertz CT molecular complexity index is 988. The lowest BCUT2D eigenvalue weighted by molar-refractivity contribution is -0.138. The fraction of sp³-hybridized carbons (Fsp3) is 0.655. The second kappa shape index (κ2) is 10.3. The number of carbonyl (C=O) groups is 2. The molecule has 4 rings (SSSR count). The molecule has 6 heteroatoms. The van der Waals surface area contributed by atoms with Crippen molar-refractivity contribution in [3.8, 4) is 0 Å². The van der Waals surface area contributed by atoms with Gasteiger partial charge >= 0.3 is 5.97 Å². The van der Waals surface area contributed by atoms with Gasteiger partial charge in [-0.2, -0.15) is 0 Å². The van der Waals surface area contributed by atoms with Crippen molar-refractivity contribution in [1.82, 2.24) is 5.48 Å². The summed E-state index contributed by atoms with van der Waals surface area (Å²) in [5.41, 5.74) is 7.71. The molecule has 3 N–H and O–H groups in total. The van der Waals surface area contributed by atoms with Crippen molar-refractivity contribution in [3.63, 3.8) is 0 Å². The predicted molar refractivity (Wildman–Crippen MR) is 138 cm³/mol. The van der Waals surface area contributed by atoms with Crippen molar-refractivity contribution >= 4 is 17.6 Å². The Kier molecular flexibility index (Phi) is 7.60. The van der Waals surface area contributed by atoms with E-state index in [0.29, 0.717) is 17.3 Å². The van der Waals surface area contributed by atoms with Crippen LogP contribution in [0.5, 0.6) is 0 Å². The quantitative estimate of drug-likeness (QED) is 0.352. The van der Waals surface area contributed by atoms with Crippen molar-refractivity contribution in [2.75, 3.05) is 5.32 Å². The molecule has 2 unspecified atom stereocenters. The van der Waals surface area contributed by atoms with E-state index in [-0.39, 0.29) is 30.7 Å². The summed E-state index contributed by atoms with van der Waals surface area (Å²) < 4.78 is 0. The molecule has 2 saturated carbocycles. The molecular weight excluding hydrogens is 440 g/mol. The minimum Gasteiger partial charge on any atom is -0.481 e. The summed E-state index contributed by atoms with van der Waals surface area (Å²) in [4.78, 5) is 30.8. The molecule has 35 heavy (non-hydrogen) atoms. The number of hydroxylamine groups is 1. The van der Waals surface area contributed by atoms with Crippen LogP contribution in [0.3, 0.4) is 0 Å². The number of carboxylic acids is 1. The number of hydrogen-bond donors (Lipinski definition) is 3. The Morgan fingerprint density at radius 2 is 1.89 bits per heavy atom. The van der Waals surface area contributed by atoms with Gasteiger partial charge in [0.15, 0.2) is 0 Å². The topological polar surface area (TPSA) is 87.7 Å². The van der Waals surface area contributed by atoms with Gasteiger partial charge in [-0.1, -0.05) is 44.9 Å².